The molecule has 120 valence electrons. The summed E-state index contributed by atoms with van der Waals surface area (Å²) in [4.78, 5) is 0.435. The van der Waals surface area contributed by atoms with Gasteiger partial charge in [0.15, 0.2) is 9.84 Å². The molecule has 1 aromatic rings. The van der Waals surface area contributed by atoms with Crippen molar-refractivity contribution in [3.05, 3.63) is 29.8 Å². The van der Waals surface area contributed by atoms with Gasteiger partial charge in [0.05, 0.1) is 10.6 Å². The number of hydrogen-bond donors (Lipinski definition) is 1. The molecule has 0 fully saturated rings. The van der Waals surface area contributed by atoms with Gasteiger partial charge < -0.3 is 5.73 Å². The van der Waals surface area contributed by atoms with Gasteiger partial charge in [-0.25, -0.2) is 8.42 Å². The third-order valence-electron chi connectivity index (χ3n) is 3.98. The molecular weight excluding hydrogens is 282 g/mol. The van der Waals surface area contributed by atoms with Gasteiger partial charge >= 0.3 is 0 Å². The molecule has 0 aromatic heterocycles. The number of rotatable bonds is 8. The van der Waals surface area contributed by atoms with Gasteiger partial charge in [-0.1, -0.05) is 46.2 Å². The SMILES string of the molecule is CC(C)c1ccc(S(=O)(=O)CCCCC(C)(C)CN)cc1. The zero-order valence-corrected chi connectivity index (χ0v) is 14.5. The lowest BCUT2D eigenvalue weighted by Crippen LogP contribution is -2.23. The Labute approximate surface area is 129 Å². The maximum absolute atomic E-state index is 12.3. The fourth-order valence-corrected chi connectivity index (χ4v) is 3.55. The average Bonchev–Trinajstić information content (AvgIpc) is 2.44. The third kappa shape index (κ3) is 5.79. The lowest BCUT2D eigenvalue weighted by molar-refractivity contribution is 0.335. The molecule has 2 N–H and O–H groups in total. The fraction of sp³-hybridized carbons (Fsp3) is 0.647. The predicted molar refractivity (Wildman–Crippen MR) is 89.3 cm³/mol. The number of unbranched alkanes of at least 4 members (excludes halogenated alkanes) is 1. The number of nitrogens with two attached hydrogens (primary N) is 1. The van der Waals surface area contributed by atoms with Gasteiger partial charge in [-0.3, -0.25) is 0 Å². The Hall–Kier alpha value is -0.870. The van der Waals surface area contributed by atoms with Gasteiger partial charge in [0, 0.05) is 0 Å². The van der Waals surface area contributed by atoms with Crippen LogP contribution in [-0.4, -0.2) is 20.7 Å². The van der Waals surface area contributed by atoms with E-state index in [1.54, 1.807) is 12.1 Å². The van der Waals surface area contributed by atoms with E-state index in [0.717, 1.165) is 12.8 Å². The normalized spacial score (nSPS) is 12.9. The van der Waals surface area contributed by atoms with Crippen molar-refractivity contribution in [3.63, 3.8) is 0 Å². The average molecular weight is 311 g/mol. The van der Waals surface area contributed by atoms with E-state index in [-0.39, 0.29) is 11.2 Å². The maximum atomic E-state index is 12.3. The molecule has 4 heteroatoms. The molecule has 0 atom stereocenters. The molecule has 0 saturated carbocycles. The molecule has 0 aliphatic heterocycles. The molecule has 1 aromatic carbocycles. The maximum Gasteiger partial charge on any atom is 0.178 e. The summed E-state index contributed by atoms with van der Waals surface area (Å²) in [5.74, 6) is 0.634. The van der Waals surface area contributed by atoms with Crippen LogP contribution in [0.5, 0.6) is 0 Å². The Morgan fingerprint density at radius 2 is 1.67 bits per heavy atom. The summed E-state index contributed by atoms with van der Waals surface area (Å²) in [6.45, 7) is 9.07. The molecule has 0 heterocycles. The summed E-state index contributed by atoms with van der Waals surface area (Å²) < 4.78 is 24.6. The second-order valence-corrected chi connectivity index (χ2v) is 8.98. The molecule has 0 amide bonds. The number of benzene rings is 1. The number of hydrogen-bond acceptors (Lipinski definition) is 3. The number of sulfone groups is 1. The second kappa shape index (κ2) is 7.41. The van der Waals surface area contributed by atoms with Gasteiger partial charge in [0.1, 0.15) is 0 Å². The highest BCUT2D eigenvalue weighted by Gasteiger charge is 2.17. The van der Waals surface area contributed by atoms with Crippen molar-refractivity contribution in [2.24, 2.45) is 11.1 Å². The monoisotopic (exact) mass is 311 g/mol. The third-order valence-corrected chi connectivity index (χ3v) is 5.79. The highest BCUT2D eigenvalue weighted by atomic mass is 32.2. The van der Waals surface area contributed by atoms with Gasteiger partial charge in [0.2, 0.25) is 0 Å². The minimum atomic E-state index is -3.16. The van der Waals surface area contributed by atoms with E-state index in [0.29, 0.717) is 23.8 Å². The van der Waals surface area contributed by atoms with Crippen molar-refractivity contribution in [2.45, 2.75) is 57.8 Å². The van der Waals surface area contributed by atoms with Gasteiger partial charge in [-0.15, -0.1) is 0 Å². The van der Waals surface area contributed by atoms with E-state index < -0.39 is 9.84 Å². The predicted octanol–water partition coefficient (Wildman–Crippen LogP) is 3.74. The molecular formula is C17H29NO2S. The van der Waals surface area contributed by atoms with E-state index in [1.165, 1.54) is 5.56 Å². The highest BCUT2D eigenvalue weighted by Crippen LogP contribution is 2.23. The summed E-state index contributed by atoms with van der Waals surface area (Å²) >= 11 is 0. The Kier molecular flexibility index (Phi) is 6.41. The summed E-state index contributed by atoms with van der Waals surface area (Å²) in [5, 5.41) is 0. The van der Waals surface area contributed by atoms with Crippen molar-refractivity contribution in [1.29, 1.82) is 0 Å². The smallest absolute Gasteiger partial charge is 0.178 e. The van der Waals surface area contributed by atoms with E-state index in [2.05, 4.69) is 27.7 Å². The van der Waals surface area contributed by atoms with Crippen LogP contribution in [0.1, 0.15) is 58.4 Å². The molecule has 3 nitrogen and oxygen atoms in total. The van der Waals surface area contributed by atoms with Crippen LogP contribution < -0.4 is 5.73 Å². The van der Waals surface area contributed by atoms with Gasteiger partial charge in [-0.2, -0.15) is 0 Å². The molecule has 0 unspecified atom stereocenters. The fourth-order valence-electron chi connectivity index (χ4n) is 2.18. The van der Waals surface area contributed by atoms with E-state index in [4.69, 9.17) is 5.73 Å². The highest BCUT2D eigenvalue weighted by molar-refractivity contribution is 7.91. The molecule has 0 saturated heterocycles. The molecule has 0 radical (unpaired) electrons. The Bertz CT molecular complexity index is 530. The zero-order chi connectivity index (χ0) is 16.1. The molecule has 0 aliphatic carbocycles. The first-order valence-electron chi connectivity index (χ1n) is 7.71. The quantitative estimate of drug-likeness (QED) is 0.744. The van der Waals surface area contributed by atoms with Gasteiger partial charge in [-0.05, 0) is 48.4 Å². The first kappa shape index (κ1) is 18.2. The molecule has 0 spiro atoms. The Balaban J connectivity index is 2.57. The minimum Gasteiger partial charge on any atom is -0.330 e. The first-order valence-corrected chi connectivity index (χ1v) is 9.36. The summed E-state index contributed by atoms with van der Waals surface area (Å²) in [6, 6.07) is 7.28. The van der Waals surface area contributed by atoms with Crippen LogP contribution in [0.15, 0.2) is 29.2 Å². The standard InChI is InChI=1S/C17H29NO2S/c1-14(2)15-7-9-16(10-8-15)21(19,20)12-6-5-11-17(3,4)13-18/h7-10,14H,5-6,11-13,18H2,1-4H3. The first-order chi connectivity index (χ1) is 9.68. The molecule has 0 aliphatic rings. The minimum absolute atomic E-state index is 0.0999. The van der Waals surface area contributed by atoms with Crippen LogP contribution in [-0.2, 0) is 9.84 Å². The Morgan fingerprint density at radius 3 is 2.14 bits per heavy atom. The Morgan fingerprint density at radius 1 is 1.10 bits per heavy atom. The lowest BCUT2D eigenvalue weighted by atomic mass is 9.88. The van der Waals surface area contributed by atoms with Gasteiger partial charge in [0.25, 0.3) is 0 Å². The van der Waals surface area contributed by atoms with Crippen molar-refractivity contribution in [3.8, 4) is 0 Å². The van der Waals surface area contributed by atoms with Crippen LogP contribution in [0.4, 0.5) is 0 Å². The summed E-state index contributed by atoms with van der Waals surface area (Å²) in [7, 11) is -3.16. The molecule has 0 bridgehead atoms. The second-order valence-electron chi connectivity index (χ2n) is 6.87. The van der Waals surface area contributed by atoms with Crippen LogP contribution in [0.2, 0.25) is 0 Å². The van der Waals surface area contributed by atoms with E-state index >= 15 is 0 Å². The largest absolute Gasteiger partial charge is 0.330 e. The summed E-state index contributed by atoms with van der Waals surface area (Å²) in [6.07, 6.45) is 2.55. The van der Waals surface area contributed by atoms with Crippen LogP contribution in [0, 0.1) is 5.41 Å². The van der Waals surface area contributed by atoms with E-state index in [9.17, 15) is 8.42 Å². The molecule has 21 heavy (non-hydrogen) atoms. The topological polar surface area (TPSA) is 60.2 Å². The van der Waals surface area contributed by atoms with Crippen LogP contribution >= 0.6 is 0 Å². The van der Waals surface area contributed by atoms with Crippen molar-refractivity contribution >= 4 is 9.84 Å². The zero-order valence-electron chi connectivity index (χ0n) is 13.7. The van der Waals surface area contributed by atoms with E-state index in [1.807, 2.05) is 12.1 Å². The van der Waals surface area contributed by atoms with Crippen molar-refractivity contribution in [1.82, 2.24) is 0 Å². The lowest BCUT2D eigenvalue weighted by Gasteiger charge is -2.21. The summed E-state index contributed by atoms with van der Waals surface area (Å²) in [5.41, 5.74) is 6.95. The molecule has 1 rings (SSSR count). The van der Waals surface area contributed by atoms with Crippen LogP contribution in [0.25, 0.3) is 0 Å². The van der Waals surface area contributed by atoms with Crippen molar-refractivity contribution in [2.75, 3.05) is 12.3 Å². The van der Waals surface area contributed by atoms with Crippen LogP contribution in [0.3, 0.4) is 0 Å². The van der Waals surface area contributed by atoms with Crippen molar-refractivity contribution < 1.29 is 8.42 Å².